The molecule has 0 aliphatic heterocycles. The Hall–Kier alpha value is -5.60. The Morgan fingerprint density at radius 1 is 0.588 bits per heavy atom. The quantitative estimate of drug-likeness (QED) is 0.0361. The predicted molar refractivity (Wildman–Crippen MR) is 187 cm³/mol. The van der Waals surface area contributed by atoms with Crippen LogP contribution in [0.25, 0.3) is 11.1 Å². The normalized spacial score (nSPS) is 13.0. The highest BCUT2D eigenvalue weighted by Gasteiger charge is 2.47. The van der Waals surface area contributed by atoms with Crippen molar-refractivity contribution < 1.29 is 47.4 Å². The molecule has 12 heteroatoms. The van der Waals surface area contributed by atoms with E-state index in [1.165, 1.54) is 18.2 Å². The van der Waals surface area contributed by atoms with E-state index in [-0.39, 0.29) is 28.4 Å². The van der Waals surface area contributed by atoms with E-state index in [1.54, 1.807) is 103 Å². The van der Waals surface area contributed by atoms with Gasteiger partial charge in [0.05, 0.1) is 22.4 Å². The Morgan fingerprint density at radius 2 is 1.06 bits per heavy atom. The van der Waals surface area contributed by atoms with Gasteiger partial charge in [0.25, 0.3) is 10.1 Å². The molecule has 0 unspecified atom stereocenters. The smallest absolute Gasteiger partial charge is 0.294 e. The number of phenolic OH excluding ortho intramolecular Hbond substituents is 2. The molecular formula is C39H26O10S2. The van der Waals surface area contributed by atoms with Gasteiger partial charge in [-0.1, -0.05) is 77.8 Å². The van der Waals surface area contributed by atoms with Crippen LogP contribution in [0, 0.1) is 0 Å². The van der Waals surface area contributed by atoms with Crippen molar-refractivity contribution in [2.45, 2.75) is 15.2 Å². The highest BCUT2D eigenvalue weighted by Crippen LogP contribution is 2.57. The summed E-state index contributed by atoms with van der Waals surface area (Å²) >= 11 is 0.724. The third-order valence-corrected chi connectivity index (χ3v) is 10.3. The largest absolute Gasteiger partial charge is 0.508 e. The van der Waals surface area contributed by atoms with Gasteiger partial charge in [0, 0.05) is 27.1 Å². The van der Waals surface area contributed by atoms with Gasteiger partial charge in [-0.15, -0.1) is 4.33 Å². The fourth-order valence-corrected chi connectivity index (χ4v) is 7.64. The predicted octanol–water partition coefficient (Wildman–Crippen LogP) is 7.60. The third-order valence-electron chi connectivity index (χ3n) is 8.91. The summed E-state index contributed by atoms with van der Waals surface area (Å²) in [5.74, 6) is -0.745. The number of hydrogen-bond acceptors (Lipinski definition) is 10. The number of ketones is 2. The fourth-order valence-electron chi connectivity index (χ4n) is 6.69. The van der Waals surface area contributed by atoms with Gasteiger partial charge in [-0.25, -0.2) is 5.26 Å². The summed E-state index contributed by atoms with van der Waals surface area (Å²) in [6.45, 7) is 0. The fraction of sp³-hybridized carbons (Fsp3) is 0.0256. The molecule has 254 valence electrons. The summed E-state index contributed by atoms with van der Waals surface area (Å²) < 4.78 is 37.9. The molecule has 0 saturated carbocycles. The highest BCUT2D eigenvalue weighted by molar-refractivity contribution is 7.94. The van der Waals surface area contributed by atoms with Crippen LogP contribution in [0.3, 0.4) is 0 Å². The number of carbonyl (C=O) groups excluding carboxylic acids is 2. The second-order valence-corrected chi connectivity index (χ2v) is 14.0. The van der Waals surface area contributed by atoms with E-state index in [1.807, 2.05) is 6.07 Å². The van der Waals surface area contributed by atoms with Crippen LogP contribution in [0.2, 0.25) is 0 Å². The second kappa shape index (κ2) is 13.3. The summed E-state index contributed by atoms with van der Waals surface area (Å²) in [6.07, 6.45) is 0. The number of rotatable bonds is 10. The molecule has 0 bridgehead atoms. The third kappa shape index (κ3) is 6.10. The molecule has 0 aromatic heterocycles. The van der Waals surface area contributed by atoms with E-state index in [4.69, 9.17) is 5.26 Å². The van der Waals surface area contributed by atoms with Gasteiger partial charge in [-0.3, -0.25) is 14.1 Å². The van der Waals surface area contributed by atoms with Crippen molar-refractivity contribution in [2.24, 2.45) is 0 Å². The average molecular weight is 719 g/mol. The minimum absolute atomic E-state index is 0.0259. The van der Waals surface area contributed by atoms with E-state index in [0.717, 1.165) is 29.2 Å². The maximum atomic E-state index is 14.0. The molecule has 1 aliphatic rings. The number of hydrogen-bond donors (Lipinski definition) is 4. The standard InChI is InChI=1S/C39H26O10S2/c40-29-13-9-27(10-14-29)39(28-11-15-30(41)16-12-28)35-21-25(37(42)23-3-1-5-31(19-23)50-49-48-44)7-17-33(35)34-18-8-26(22-36(34)39)38(43)24-4-2-6-32(20-24)51(45,46)47/h1-22,40-41,44H,(H,45,46,47). The molecule has 1 aliphatic carbocycles. The molecule has 7 rings (SSSR count). The maximum absolute atomic E-state index is 14.0. The molecular weight excluding hydrogens is 693 g/mol. The van der Waals surface area contributed by atoms with Crippen molar-refractivity contribution in [2.75, 3.05) is 0 Å². The lowest BCUT2D eigenvalue weighted by atomic mass is 9.67. The van der Waals surface area contributed by atoms with Gasteiger partial charge in [0.1, 0.15) is 11.5 Å². The zero-order valence-electron chi connectivity index (χ0n) is 26.3. The second-order valence-electron chi connectivity index (χ2n) is 11.8. The van der Waals surface area contributed by atoms with Crippen LogP contribution in [-0.2, 0) is 24.9 Å². The van der Waals surface area contributed by atoms with Crippen LogP contribution >= 0.6 is 12.0 Å². The van der Waals surface area contributed by atoms with Gasteiger partial charge < -0.3 is 10.2 Å². The van der Waals surface area contributed by atoms with Crippen molar-refractivity contribution in [3.63, 3.8) is 0 Å². The molecule has 0 amide bonds. The zero-order chi connectivity index (χ0) is 35.9. The van der Waals surface area contributed by atoms with Crippen LogP contribution in [0.1, 0.15) is 54.1 Å². The van der Waals surface area contributed by atoms with Crippen LogP contribution in [-0.4, -0.2) is 40.0 Å². The summed E-state index contributed by atoms with van der Waals surface area (Å²) in [4.78, 5) is 28.0. The number of fused-ring (bicyclic) bond motifs is 3. The molecule has 51 heavy (non-hydrogen) atoms. The van der Waals surface area contributed by atoms with Crippen molar-refractivity contribution in [3.8, 4) is 22.6 Å². The molecule has 0 saturated heterocycles. The van der Waals surface area contributed by atoms with E-state index in [0.29, 0.717) is 38.3 Å². The van der Waals surface area contributed by atoms with Gasteiger partial charge in [-0.05, 0) is 94.0 Å². The zero-order valence-corrected chi connectivity index (χ0v) is 27.9. The summed E-state index contributed by atoms with van der Waals surface area (Å²) in [6, 6.07) is 35.4. The van der Waals surface area contributed by atoms with E-state index in [9.17, 15) is 32.8 Å². The van der Waals surface area contributed by atoms with Gasteiger partial charge in [0.2, 0.25) is 0 Å². The van der Waals surface area contributed by atoms with Crippen molar-refractivity contribution >= 4 is 33.7 Å². The Bertz CT molecular complexity index is 2400. The first-order valence-corrected chi connectivity index (χ1v) is 17.5. The minimum Gasteiger partial charge on any atom is -0.508 e. The van der Waals surface area contributed by atoms with E-state index in [2.05, 4.69) is 9.37 Å². The van der Waals surface area contributed by atoms with E-state index >= 15 is 0 Å². The van der Waals surface area contributed by atoms with Gasteiger partial charge in [0.15, 0.2) is 11.6 Å². The Balaban J connectivity index is 1.46. The average Bonchev–Trinajstić information content (AvgIpc) is 3.43. The number of benzene rings is 6. The Kier molecular flexibility index (Phi) is 8.81. The molecule has 0 heterocycles. The lowest BCUT2D eigenvalue weighted by Gasteiger charge is -2.34. The lowest BCUT2D eigenvalue weighted by molar-refractivity contribution is -0.432. The van der Waals surface area contributed by atoms with Gasteiger partial charge in [-0.2, -0.15) is 8.42 Å². The van der Waals surface area contributed by atoms with Crippen LogP contribution in [0.4, 0.5) is 0 Å². The molecule has 0 radical (unpaired) electrons. The first-order valence-electron chi connectivity index (χ1n) is 15.3. The molecule has 0 atom stereocenters. The Morgan fingerprint density at radius 3 is 1.55 bits per heavy atom. The highest BCUT2D eigenvalue weighted by atomic mass is 32.2. The van der Waals surface area contributed by atoms with Crippen molar-refractivity contribution in [3.05, 3.63) is 178 Å². The summed E-state index contributed by atoms with van der Waals surface area (Å²) in [7, 11) is -4.57. The van der Waals surface area contributed by atoms with Gasteiger partial charge >= 0.3 is 0 Å². The molecule has 0 spiro atoms. The van der Waals surface area contributed by atoms with Crippen LogP contribution in [0.5, 0.6) is 11.5 Å². The summed E-state index contributed by atoms with van der Waals surface area (Å²) in [5.41, 5.74) is 4.05. The number of phenols is 2. The molecule has 10 nitrogen and oxygen atoms in total. The number of carbonyl (C=O) groups is 2. The Labute approximate surface area is 296 Å². The molecule has 6 aromatic rings. The topological polar surface area (TPSA) is 168 Å². The molecule has 4 N–H and O–H groups in total. The van der Waals surface area contributed by atoms with Crippen molar-refractivity contribution in [1.29, 1.82) is 0 Å². The molecule has 0 fully saturated rings. The SMILES string of the molecule is O=C(c1cccc(SOOO)c1)c1ccc2c(c1)C(c1ccc(O)cc1)(c1ccc(O)cc1)c1cc(C(=O)c3cccc(S(=O)(=O)O)c3)ccc1-2. The first-order chi connectivity index (χ1) is 24.5. The van der Waals surface area contributed by atoms with E-state index < -0.39 is 26.2 Å². The van der Waals surface area contributed by atoms with Crippen LogP contribution < -0.4 is 0 Å². The maximum Gasteiger partial charge on any atom is 0.294 e. The lowest BCUT2D eigenvalue weighted by Crippen LogP contribution is -2.29. The van der Waals surface area contributed by atoms with Crippen LogP contribution in [0.15, 0.2) is 143 Å². The molecule has 6 aromatic carbocycles. The number of aromatic hydroxyl groups is 2. The summed E-state index contributed by atoms with van der Waals surface area (Å²) in [5, 5.41) is 32.9. The van der Waals surface area contributed by atoms with Crippen molar-refractivity contribution in [1.82, 2.24) is 0 Å². The first kappa shape index (κ1) is 33.9. The minimum atomic E-state index is -4.57. The monoisotopic (exact) mass is 718 g/mol.